The maximum Gasteiger partial charge on any atom is 0.302 e. The molecule has 0 rings (SSSR count). The third-order valence-electron chi connectivity index (χ3n) is 0.413. The Kier molecular flexibility index (Phi) is 3.66. The second kappa shape index (κ2) is 3.84. The number of hydrogen-bond donors (Lipinski definition) is 0. The van der Waals surface area contributed by atoms with Crippen molar-refractivity contribution >= 4 is 7.41 Å². The van der Waals surface area contributed by atoms with E-state index in [4.69, 9.17) is 0 Å². The Morgan fingerprint density at radius 1 is 1.43 bits per heavy atom. The topological polar surface area (TPSA) is 24.7 Å². The van der Waals surface area contributed by atoms with E-state index in [-0.39, 0.29) is 0 Å². The molecule has 0 bridgehead atoms. The molecule has 0 aromatic heterocycles. The summed E-state index contributed by atoms with van der Waals surface area (Å²) in [5.74, 6) is 0. The zero-order valence-corrected chi connectivity index (χ0v) is 5.05. The molecule has 3 heteroatoms. The lowest BCUT2D eigenvalue weighted by atomic mass is 10.0. The molecule has 0 saturated carbocycles. The van der Waals surface area contributed by atoms with Gasteiger partial charge in [-0.25, -0.2) is 5.11 Å². The molecule has 0 fully saturated rings. The van der Waals surface area contributed by atoms with Gasteiger partial charge in [0.05, 0.1) is 6.04 Å². The van der Waals surface area contributed by atoms with Crippen LogP contribution < -0.4 is 0 Å². The first kappa shape index (κ1) is 6.66. The smallest absolute Gasteiger partial charge is 0.266 e. The molecule has 0 atom stereocenters. The summed E-state index contributed by atoms with van der Waals surface area (Å²) in [4.78, 5) is 0. The number of rotatable bonds is 2. The van der Waals surface area contributed by atoms with Crippen molar-refractivity contribution in [2.75, 3.05) is 0 Å². The van der Waals surface area contributed by atoms with Crippen LogP contribution in [0.25, 0.3) is 0 Å². The van der Waals surface area contributed by atoms with E-state index in [1.807, 2.05) is 20.7 Å². The molecule has 0 aromatic carbocycles. The molecule has 0 aliphatic rings. The summed E-state index contributed by atoms with van der Waals surface area (Å²) in [6.07, 6.45) is 0. The largest absolute Gasteiger partial charge is 0.302 e. The van der Waals surface area contributed by atoms with Gasteiger partial charge in [0.15, 0.2) is 0 Å². The van der Waals surface area contributed by atoms with Crippen LogP contribution in [0, 0.1) is 0 Å². The van der Waals surface area contributed by atoms with Crippen molar-refractivity contribution in [2.24, 2.45) is 10.1 Å². The molecule has 0 unspecified atom stereocenters. The molecule has 0 aliphatic heterocycles. The fourth-order valence-corrected chi connectivity index (χ4v) is 0.200. The molecule has 0 spiro atoms. The monoisotopic (exact) mass is 97.1 g/mol. The molecular formula is C4H10BN2. The Labute approximate surface area is 45.3 Å². The molecule has 7 heavy (non-hydrogen) atoms. The second-order valence-electron chi connectivity index (χ2n) is 1.58. The highest BCUT2D eigenvalue weighted by Gasteiger charge is 1.81. The molecule has 0 heterocycles. The lowest BCUT2D eigenvalue weighted by Gasteiger charge is -1.88. The van der Waals surface area contributed by atoms with E-state index in [1.54, 1.807) is 7.41 Å². The van der Waals surface area contributed by atoms with E-state index in [1.165, 1.54) is 0 Å². The van der Waals surface area contributed by atoms with E-state index >= 15 is 0 Å². The summed E-state index contributed by atoms with van der Waals surface area (Å²) in [6, 6.07) is 0.330. The fourth-order valence-electron chi connectivity index (χ4n) is 0.200. The Bertz CT molecular complexity index is 60.7. The van der Waals surface area contributed by atoms with E-state index in [9.17, 15) is 0 Å². The van der Waals surface area contributed by atoms with Gasteiger partial charge in [0.1, 0.15) is 0 Å². The van der Waals surface area contributed by atoms with Crippen LogP contribution >= 0.6 is 0 Å². The number of hydrogen-bond acceptors (Lipinski definition) is 2. The molecule has 0 aromatic rings. The summed E-state index contributed by atoms with van der Waals surface area (Å²) >= 11 is 0. The van der Waals surface area contributed by atoms with Crippen molar-refractivity contribution in [3.8, 4) is 0 Å². The highest BCUT2D eigenvalue weighted by atomic mass is 15.1. The molecule has 0 aliphatic carbocycles. The van der Waals surface area contributed by atoms with Crippen molar-refractivity contribution in [3.63, 3.8) is 0 Å². The zero-order valence-electron chi connectivity index (χ0n) is 5.05. The van der Waals surface area contributed by atoms with Gasteiger partial charge in [-0.15, -0.1) is 0 Å². The molecule has 2 nitrogen and oxygen atoms in total. The van der Waals surface area contributed by atoms with Gasteiger partial charge >= 0.3 is 7.41 Å². The molecular weight excluding hydrogens is 86.9 g/mol. The van der Waals surface area contributed by atoms with Crippen LogP contribution in [0.5, 0.6) is 0 Å². The molecule has 1 radical (unpaired) electrons. The summed E-state index contributed by atoms with van der Waals surface area (Å²) in [5.41, 5.74) is 0. The predicted octanol–water partition coefficient (Wildman–Crippen LogP) is 1.51. The van der Waals surface area contributed by atoms with Gasteiger partial charge in [0.25, 0.3) is 0 Å². The Hall–Kier alpha value is -0.335. The minimum absolute atomic E-state index is 0.330. The predicted molar refractivity (Wildman–Crippen MR) is 31.6 cm³/mol. The molecule has 39 valence electrons. The standard InChI is InChI=1S/C4H10BN2/c1-4(2)6-7-5-3/h4H,1-3H3. The highest BCUT2D eigenvalue weighted by Crippen LogP contribution is 1.84. The molecule has 0 saturated heterocycles. The first-order chi connectivity index (χ1) is 3.27. The fraction of sp³-hybridized carbons (Fsp3) is 1.00. The average molecular weight is 96.9 g/mol. The molecule has 0 N–H and O–H groups in total. The maximum absolute atomic E-state index is 3.81. The van der Waals surface area contributed by atoms with Gasteiger partial charge in [0.2, 0.25) is 0 Å². The second-order valence-corrected chi connectivity index (χ2v) is 1.58. The maximum atomic E-state index is 3.81. The van der Waals surface area contributed by atoms with Gasteiger partial charge in [-0.1, -0.05) is 6.82 Å². The molecule has 0 amide bonds. The van der Waals surface area contributed by atoms with E-state index in [2.05, 4.69) is 10.1 Å². The lowest BCUT2D eigenvalue weighted by molar-refractivity contribution is 0.789. The summed E-state index contributed by atoms with van der Waals surface area (Å²) in [7, 11) is 1.68. The van der Waals surface area contributed by atoms with Gasteiger partial charge < -0.3 is 0 Å². The van der Waals surface area contributed by atoms with Crippen LogP contribution in [-0.2, 0) is 0 Å². The lowest BCUT2D eigenvalue weighted by Crippen LogP contribution is -1.85. The van der Waals surface area contributed by atoms with E-state index in [0.29, 0.717) is 6.04 Å². The Morgan fingerprint density at radius 3 is 2.14 bits per heavy atom. The van der Waals surface area contributed by atoms with Crippen molar-refractivity contribution in [2.45, 2.75) is 26.7 Å². The first-order valence-corrected chi connectivity index (χ1v) is 2.45. The average Bonchev–Trinajstić information content (AvgIpc) is 1.61. The van der Waals surface area contributed by atoms with E-state index < -0.39 is 0 Å². The zero-order chi connectivity index (χ0) is 5.70. The van der Waals surface area contributed by atoms with Crippen molar-refractivity contribution in [1.29, 1.82) is 0 Å². The minimum atomic E-state index is 0.330. The number of nitrogens with zero attached hydrogens (tertiary/aromatic N) is 2. The normalized spacial score (nSPS) is 10.9. The van der Waals surface area contributed by atoms with E-state index in [0.717, 1.165) is 0 Å². The van der Waals surface area contributed by atoms with Crippen LogP contribution in [0.15, 0.2) is 10.1 Å². The third-order valence-corrected chi connectivity index (χ3v) is 0.413. The van der Waals surface area contributed by atoms with Crippen molar-refractivity contribution in [1.82, 2.24) is 0 Å². The first-order valence-electron chi connectivity index (χ1n) is 2.45. The Morgan fingerprint density at radius 2 is 2.00 bits per heavy atom. The minimum Gasteiger partial charge on any atom is -0.266 e. The quantitative estimate of drug-likeness (QED) is 0.368. The van der Waals surface area contributed by atoms with Gasteiger partial charge in [0, 0.05) is 0 Å². The Balaban J connectivity index is 3.08. The van der Waals surface area contributed by atoms with Gasteiger partial charge in [-0.2, -0.15) is 0 Å². The summed E-state index contributed by atoms with van der Waals surface area (Å²) < 4.78 is 0. The SMILES string of the molecule is C[B]N=NC(C)C. The van der Waals surface area contributed by atoms with Gasteiger partial charge in [-0.05, 0) is 13.8 Å². The van der Waals surface area contributed by atoms with Gasteiger partial charge in [-0.3, -0.25) is 5.03 Å². The van der Waals surface area contributed by atoms with Crippen LogP contribution in [0.3, 0.4) is 0 Å². The van der Waals surface area contributed by atoms with Crippen LogP contribution in [0.2, 0.25) is 6.82 Å². The van der Waals surface area contributed by atoms with Crippen LogP contribution in [-0.4, -0.2) is 13.5 Å². The summed E-state index contributed by atoms with van der Waals surface area (Å²) in [6.45, 7) is 5.84. The van der Waals surface area contributed by atoms with Crippen molar-refractivity contribution in [3.05, 3.63) is 0 Å². The third kappa shape index (κ3) is 5.66. The summed E-state index contributed by atoms with van der Waals surface area (Å²) in [5, 5.41) is 7.48. The van der Waals surface area contributed by atoms with Crippen LogP contribution in [0.4, 0.5) is 0 Å². The highest BCUT2D eigenvalue weighted by molar-refractivity contribution is 6.30. The van der Waals surface area contributed by atoms with Crippen LogP contribution in [0.1, 0.15) is 13.8 Å². The van der Waals surface area contributed by atoms with Crippen molar-refractivity contribution < 1.29 is 0 Å².